The number of alkyl halides is 3. The third kappa shape index (κ3) is 11.6. The third-order valence-corrected chi connectivity index (χ3v) is 15.2. The van der Waals surface area contributed by atoms with Crippen LogP contribution in [0.15, 0.2) is 65.7 Å². The molecule has 3 aromatic carbocycles. The molecule has 2 fully saturated rings. The van der Waals surface area contributed by atoms with Crippen LogP contribution in [-0.4, -0.2) is 142 Å². The number of fused-ring (bicyclic) bond motifs is 3. The lowest BCUT2D eigenvalue weighted by Crippen LogP contribution is -2.48. The number of hydrogen-bond acceptors (Lipinski definition) is 13. The Morgan fingerprint density at radius 3 is 2.12 bits per heavy atom. The topological polar surface area (TPSA) is 207 Å². The molecule has 3 aliphatic heterocycles. The van der Waals surface area contributed by atoms with Crippen molar-refractivity contribution in [3.63, 3.8) is 0 Å². The number of rotatable bonds is 12. The van der Waals surface area contributed by atoms with E-state index in [0.29, 0.717) is 45.9 Å². The number of aryl methyl sites for hydroxylation is 2. The average Bonchev–Trinajstić information content (AvgIpc) is 4.03. The normalized spacial score (nSPS) is 16.5. The number of halogens is 4. The molecule has 22 heteroatoms. The number of phenolic OH excluding ortho intramolecular Hbond substituents is 2. The molecular weight excluding hydrogens is 999 g/mol. The Morgan fingerprint density at radius 2 is 1.50 bits per heavy atom. The number of carbonyl (C=O) groups excluding carboxylic acids is 2. The summed E-state index contributed by atoms with van der Waals surface area (Å²) in [6.45, 7) is 19.5. The van der Waals surface area contributed by atoms with E-state index in [1.807, 2.05) is 69.0 Å². The van der Waals surface area contributed by atoms with Crippen LogP contribution >= 0.6 is 22.9 Å². The highest BCUT2D eigenvalue weighted by Gasteiger charge is 2.38. The molecule has 3 aliphatic rings. The molecule has 0 bridgehead atoms. The summed E-state index contributed by atoms with van der Waals surface area (Å²) in [6, 6.07) is 18.3. The Morgan fingerprint density at radius 1 is 0.851 bits per heavy atom. The maximum Gasteiger partial charge on any atom is 0.490 e. The van der Waals surface area contributed by atoms with E-state index in [4.69, 9.17) is 26.5 Å². The summed E-state index contributed by atoms with van der Waals surface area (Å²) in [5.41, 5.74) is 6.90. The number of benzene rings is 3. The summed E-state index contributed by atoms with van der Waals surface area (Å²) in [4.78, 5) is 49.7. The van der Waals surface area contributed by atoms with E-state index in [1.165, 1.54) is 16.5 Å². The first kappa shape index (κ1) is 53.6. The number of carbonyl (C=O) groups is 3. The first-order valence-electron chi connectivity index (χ1n) is 24.5. The summed E-state index contributed by atoms with van der Waals surface area (Å²) < 4.78 is 35.5. The van der Waals surface area contributed by atoms with Crippen molar-refractivity contribution in [2.75, 3.05) is 52.4 Å². The van der Waals surface area contributed by atoms with E-state index in [-0.39, 0.29) is 41.5 Å². The molecule has 0 saturated carbocycles. The molecular formula is C52H59ClF3N11O6S. The largest absolute Gasteiger partial charge is 0.508 e. The Kier molecular flexibility index (Phi) is 16.2. The van der Waals surface area contributed by atoms with Crippen molar-refractivity contribution in [2.45, 2.75) is 85.5 Å². The van der Waals surface area contributed by atoms with Gasteiger partial charge in [0, 0.05) is 91.7 Å². The van der Waals surface area contributed by atoms with Crippen molar-refractivity contribution in [1.82, 2.24) is 49.5 Å². The summed E-state index contributed by atoms with van der Waals surface area (Å²) in [5, 5.41) is 50.7. The smallest absolute Gasteiger partial charge is 0.490 e. The van der Waals surface area contributed by atoms with E-state index in [1.54, 1.807) is 22.0 Å². The van der Waals surface area contributed by atoms with E-state index < -0.39 is 18.2 Å². The average molecular weight is 1060 g/mol. The zero-order valence-corrected chi connectivity index (χ0v) is 43.5. The summed E-state index contributed by atoms with van der Waals surface area (Å²) in [5.74, 6) is -0.786. The van der Waals surface area contributed by atoms with Crippen LogP contribution in [-0.2, 0) is 16.1 Å². The van der Waals surface area contributed by atoms with Crippen LogP contribution in [0.3, 0.4) is 0 Å². The monoisotopic (exact) mass is 1060 g/mol. The number of aliphatic imine (C=N–C) groups is 1. The fourth-order valence-corrected chi connectivity index (χ4v) is 11.0. The molecule has 6 aromatic rings. The number of phenols is 2. The molecule has 1 atom stereocenters. The first-order valence-corrected chi connectivity index (χ1v) is 25.7. The van der Waals surface area contributed by atoms with Gasteiger partial charge in [0.1, 0.15) is 28.4 Å². The quantitative estimate of drug-likeness (QED) is 0.0912. The van der Waals surface area contributed by atoms with Gasteiger partial charge in [0.05, 0.1) is 17.7 Å². The van der Waals surface area contributed by atoms with E-state index in [2.05, 4.69) is 66.1 Å². The number of likely N-dealkylation sites (tertiary alicyclic amines) is 1. The number of nitrogens with one attached hydrogen (secondary N) is 1. The molecule has 392 valence electrons. The van der Waals surface area contributed by atoms with Crippen molar-refractivity contribution in [1.29, 1.82) is 0 Å². The lowest BCUT2D eigenvalue weighted by molar-refractivity contribution is -0.192. The zero-order chi connectivity index (χ0) is 53.2. The minimum Gasteiger partial charge on any atom is -0.508 e. The van der Waals surface area contributed by atoms with Gasteiger partial charge in [0.2, 0.25) is 11.7 Å². The lowest BCUT2D eigenvalue weighted by Gasteiger charge is -2.39. The molecule has 2 amide bonds. The lowest BCUT2D eigenvalue weighted by atomic mass is 9.95. The van der Waals surface area contributed by atoms with Crippen LogP contribution in [0.2, 0.25) is 5.02 Å². The third-order valence-electron chi connectivity index (χ3n) is 13.7. The fraction of sp³-hybridized carbons (Fsp3) is 0.423. The van der Waals surface area contributed by atoms with Crippen molar-refractivity contribution >= 4 is 46.4 Å². The molecule has 6 heterocycles. The van der Waals surface area contributed by atoms with Gasteiger partial charge in [0.25, 0.3) is 5.91 Å². The van der Waals surface area contributed by atoms with Crippen LogP contribution in [0, 0.1) is 26.7 Å². The number of aromatic hydroxyl groups is 2. The second-order valence-electron chi connectivity index (χ2n) is 19.1. The second kappa shape index (κ2) is 22.4. The SMILES string of the molecule is CCNC(=O)c1nnc(-c2cc(C(C)C)c(O)cc2O)n1-c1ccc(CN2CCN(CC3CCN(C(=O)C[C@@H]4N=C(c5ccc(Cl)cc5)c5c(sc(C)c5C)-n5c(C)nnc54)CC3)CC2)cc1.O=C(O)C(F)(F)F. The maximum absolute atomic E-state index is 14.1. The maximum atomic E-state index is 14.1. The minimum absolute atomic E-state index is 0.000684. The molecule has 4 N–H and O–H groups in total. The number of amides is 2. The number of hydrogen-bond donors (Lipinski definition) is 4. The number of piperidine rings is 1. The molecule has 17 nitrogen and oxygen atoms in total. The molecule has 2 saturated heterocycles. The van der Waals surface area contributed by atoms with E-state index in [0.717, 1.165) is 98.4 Å². The van der Waals surface area contributed by atoms with Crippen molar-refractivity contribution in [3.8, 4) is 33.6 Å². The number of aliphatic carboxylic acids is 1. The van der Waals surface area contributed by atoms with Crippen molar-refractivity contribution in [3.05, 3.63) is 116 Å². The van der Waals surface area contributed by atoms with Gasteiger partial charge in [-0.2, -0.15) is 13.2 Å². The molecule has 3 aromatic heterocycles. The van der Waals surface area contributed by atoms with Gasteiger partial charge in [-0.3, -0.25) is 28.6 Å². The van der Waals surface area contributed by atoms with E-state index in [9.17, 15) is 33.0 Å². The number of nitrogens with zero attached hydrogens (tertiary/aromatic N) is 10. The molecule has 0 spiro atoms. The van der Waals surface area contributed by atoms with Gasteiger partial charge in [-0.1, -0.05) is 49.7 Å². The fourth-order valence-electron chi connectivity index (χ4n) is 9.62. The predicted octanol–water partition coefficient (Wildman–Crippen LogP) is 8.41. The first-order chi connectivity index (χ1) is 35.2. The number of carboxylic acid groups (broad SMARTS) is 1. The number of piperazine rings is 1. The van der Waals surface area contributed by atoms with Crippen LogP contribution in [0.5, 0.6) is 11.5 Å². The van der Waals surface area contributed by atoms with Crippen LogP contribution in [0.1, 0.15) is 107 Å². The van der Waals surface area contributed by atoms with Gasteiger partial charge in [-0.15, -0.1) is 31.7 Å². The molecule has 0 unspecified atom stereocenters. The zero-order valence-electron chi connectivity index (χ0n) is 41.9. The predicted molar refractivity (Wildman–Crippen MR) is 275 cm³/mol. The summed E-state index contributed by atoms with van der Waals surface area (Å²) in [6.07, 6.45) is -2.93. The number of aromatic nitrogens is 6. The van der Waals surface area contributed by atoms with Crippen molar-refractivity contribution in [2.24, 2.45) is 10.9 Å². The van der Waals surface area contributed by atoms with Crippen LogP contribution < -0.4 is 5.32 Å². The van der Waals surface area contributed by atoms with Gasteiger partial charge >= 0.3 is 12.1 Å². The Bertz CT molecular complexity index is 3050. The van der Waals surface area contributed by atoms with Gasteiger partial charge < -0.3 is 30.4 Å². The van der Waals surface area contributed by atoms with Gasteiger partial charge in [-0.25, -0.2) is 4.79 Å². The summed E-state index contributed by atoms with van der Waals surface area (Å²) in [7, 11) is 0. The Balaban J connectivity index is 0.000000972. The van der Waals surface area contributed by atoms with Crippen LogP contribution in [0.25, 0.3) is 22.1 Å². The Labute approximate surface area is 435 Å². The minimum atomic E-state index is -5.08. The number of thiophene rings is 1. The highest BCUT2D eigenvalue weighted by Crippen LogP contribution is 2.41. The molecule has 9 rings (SSSR count). The highest BCUT2D eigenvalue weighted by molar-refractivity contribution is 7.15. The molecule has 0 aliphatic carbocycles. The Hall–Kier alpha value is -6.68. The van der Waals surface area contributed by atoms with Crippen LogP contribution in [0.4, 0.5) is 13.2 Å². The standard InChI is InChI=1S/C50H58ClN11O4S.C2HF3O2/c1-7-52-49(66)48-57-55-46(39-24-38(29(2)3)41(63)26-42(39)64)62(48)37-14-8-33(9-15-37)27-58-20-22-59(23-21-58)28-34-16-18-60(19-17-34)43(65)25-40-47-56-54-32(6)61(47)50-44(30(4)31(5)67-50)45(53-40)35-10-12-36(51)13-11-35;3-2(4,5)1(6)7/h8-15,24,26,29,34,40,63-64H,7,16-23,25,27-28H2,1-6H3,(H,52,66);(H,6,7)/t40-;/m0./s1. The molecule has 74 heavy (non-hydrogen) atoms. The number of carboxylic acids is 1. The summed E-state index contributed by atoms with van der Waals surface area (Å²) >= 11 is 8.01. The van der Waals surface area contributed by atoms with Crippen molar-refractivity contribution < 1.29 is 42.9 Å². The highest BCUT2D eigenvalue weighted by atomic mass is 35.5. The van der Waals surface area contributed by atoms with Gasteiger partial charge in [0.15, 0.2) is 11.6 Å². The molecule has 0 radical (unpaired) electrons. The second-order valence-corrected chi connectivity index (χ2v) is 20.7. The van der Waals surface area contributed by atoms with Gasteiger partial charge in [-0.05, 0) is 99.4 Å². The van der Waals surface area contributed by atoms with E-state index >= 15 is 0 Å².